The third kappa shape index (κ3) is 10.7. The molecule has 0 rings (SSSR count). The Labute approximate surface area is 71.9 Å². The van der Waals surface area contributed by atoms with Crippen molar-refractivity contribution in [2.45, 2.75) is 0 Å². The number of hydrogen-bond donors (Lipinski definition) is 1. The number of thiol groups is 1. The molecule has 0 fully saturated rings. The molecule has 0 aromatic rings. The van der Waals surface area contributed by atoms with Crippen LogP contribution in [-0.2, 0) is 16.1 Å². The average Bonchev–Trinajstić information content (AvgIpc) is 1.37. The summed E-state index contributed by atoms with van der Waals surface area (Å²) in [5, 5.41) is 0. The molecule has 5 heavy (non-hydrogen) atoms. The van der Waals surface area contributed by atoms with E-state index in [1.807, 2.05) is 0 Å². The maximum absolute atomic E-state index is 9.05. The normalized spacial score (nSPS) is 5.80. The molecule has 0 N–H and O–H groups in total. The molecule has 2 nitrogen and oxygen atoms in total. The van der Waals surface area contributed by atoms with E-state index in [-0.39, 0.29) is 57.4 Å². The molecular weight excluding hydrogens is 164 g/mol. The van der Waals surface area contributed by atoms with Gasteiger partial charge in [-0.2, -0.15) is 0 Å². The van der Waals surface area contributed by atoms with Gasteiger partial charge >= 0.3 is 45.5 Å². The minimum atomic E-state index is -0.252. The van der Waals surface area contributed by atoms with Gasteiger partial charge in [0.1, 0.15) is 11.9 Å². The van der Waals surface area contributed by atoms with Gasteiger partial charge < -0.3 is 0 Å². The molecule has 0 aliphatic heterocycles. The fourth-order valence-corrected chi connectivity index (χ4v) is 0. The summed E-state index contributed by atoms with van der Waals surface area (Å²) in [5.74, 6) is 0. The van der Waals surface area contributed by atoms with E-state index in [2.05, 4.69) is 4.18 Å². The molecular formula is CH6O2SSr. The molecule has 0 aromatic carbocycles. The molecule has 0 atom stereocenters. The van der Waals surface area contributed by atoms with Crippen LogP contribution >= 0.6 is 0 Å². The Morgan fingerprint density at radius 2 is 2.00 bits per heavy atom. The summed E-state index contributed by atoms with van der Waals surface area (Å²) >= 11 is -0.252. The van der Waals surface area contributed by atoms with E-state index in [1.54, 1.807) is 0 Å². The van der Waals surface area contributed by atoms with Crippen LogP contribution in [0.4, 0.5) is 0 Å². The second kappa shape index (κ2) is 9.14. The van der Waals surface area contributed by atoms with Gasteiger partial charge in [-0.15, -0.1) is 0 Å². The predicted octanol–water partition coefficient (Wildman–Crippen LogP) is -1.42. The molecule has 0 unspecified atom stereocenters. The molecule has 0 heterocycles. The third-order valence-electron chi connectivity index (χ3n) is 0.0745. The molecule has 0 aliphatic rings. The Kier molecular flexibility index (Phi) is 17.9. The first-order chi connectivity index (χ1) is 1.91. The van der Waals surface area contributed by atoms with Crippen molar-refractivity contribution < 1.29 is 8.39 Å². The fourth-order valence-electron chi connectivity index (χ4n) is 0. The van der Waals surface area contributed by atoms with Crippen molar-refractivity contribution in [3.63, 3.8) is 0 Å². The zero-order chi connectivity index (χ0) is 3.41. The van der Waals surface area contributed by atoms with Crippen molar-refractivity contribution in [1.29, 1.82) is 0 Å². The molecule has 0 saturated heterocycles. The van der Waals surface area contributed by atoms with E-state index >= 15 is 0 Å². The summed E-state index contributed by atoms with van der Waals surface area (Å²) in [7, 11) is 1.36. The summed E-state index contributed by atoms with van der Waals surface area (Å²) in [6.07, 6.45) is 0. The van der Waals surface area contributed by atoms with Gasteiger partial charge in [-0.25, -0.2) is 4.21 Å². The second-order valence-electron chi connectivity index (χ2n) is 0.257. The van der Waals surface area contributed by atoms with Gasteiger partial charge in [0.25, 0.3) is 0 Å². The summed E-state index contributed by atoms with van der Waals surface area (Å²) < 4.78 is 13.0. The summed E-state index contributed by atoms with van der Waals surface area (Å²) in [6.45, 7) is 0. The Morgan fingerprint density at radius 3 is 2.00 bits per heavy atom. The van der Waals surface area contributed by atoms with Crippen LogP contribution in [0.15, 0.2) is 0 Å². The molecule has 0 radical (unpaired) electrons. The molecule has 0 spiro atoms. The molecule has 30 valence electrons. The Balaban J connectivity index is 0. The molecule has 0 amide bonds. The third-order valence-corrected chi connectivity index (χ3v) is 0.224. The van der Waals surface area contributed by atoms with Crippen molar-refractivity contribution in [3.05, 3.63) is 0 Å². The van der Waals surface area contributed by atoms with Crippen LogP contribution in [0.3, 0.4) is 0 Å². The van der Waals surface area contributed by atoms with Crippen LogP contribution in [0.5, 0.6) is 0 Å². The quantitative estimate of drug-likeness (QED) is 0.385. The molecule has 4 heteroatoms. The van der Waals surface area contributed by atoms with E-state index in [4.69, 9.17) is 4.21 Å². The van der Waals surface area contributed by atoms with Gasteiger partial charge in [0, 0.05) is 0 Å². The van der Waals surface area contributed by atoms with Crippen molar-refractivity contribution in [3.8, 4) is 0 Å². The van der Waals surface area contributed by atoms with Crippen LogP contribution < -0.4 is 0 Å². The van der Waals surface area contributed by atoms with E-state index in [0.29, 0.717) is 0 Å². The van der Waals surface area contributed by atoms with Crippen molar-refractivity contribution in [2.75, 3.05) is 7.11 Å². The van der Waals surface area contributed by atoms with Crippen LogP contribution in [0.2, 0.25) is 0 Å². The van der Waals surface area contributed by atoms with Gasteiger partial charge in [0.05, 0.1) is 7.11 Å². The van der Waals surface area contributed by atoms with Gasteiger partial charge in [-0.05, 0) is 0 Å². The first-order valence-corrected chi connectivity index (χ1v) is 1.50. The van der Waals surface area contributed by atoms with E-state index < -0.39 is 0 Å². The molecule has 0 bridgehead atoms. The first kappa shape index (κ1) is 9.77. The standard InChI is InChI=1S/CH4O2S.Sr.2H/c1-3-4-2;;;/h4H,1H3;;;. The van der Waals surface area contributed by atoms with E-state index in [9.17, 15) is 0 Å². The topological polar surface area (TPSA) is 26.3 Å². The van der Waals surface area contributed by atoms with Crippen molar-refractivity contribution in [1.82, 2.24) is 0 Å². The Hall–Kier alpha value is 1.59. The van der Waals surface area contributed by atoms with Crippen LogP contribution in [0.25, 0.3) is 0 Å². The Bertz CT molecular complexity index is 23.6. The molecule has 0 aliphatic carbocycles. The van der Waals surface area contributed by atoms with Crippen LogP contribution in [0.1, 0.15) is 0 Å². The van der Waals surface area contributed by atoms with Crippen molar-refractivity contribution in [2.24, 2.45) is 0 Å². The minimum absolute atomic E-state index is 0. The fraction of sp³-hybridized carbons (Fsp3) is 1.00. The average molecular weight is 170 g/mol. The monoisotopic (exact) mass is 170 g/mol. The zero-order valence-electron chi connectivity index (χ0n) is 2.26. The van der Waals surface area contributed by atoms with Crippen molar-refractivity contribution >= 4 is 57.4 Å². The van der Waals surface area contributed by atoms with E-state index in [0.717, 1.165) is 0 Å². The molecule has 0 aromatic heterocycles. The van der Waals surface area contributed by atoms with Gasteiger partial charge in [-0.3, -0.25) is 4.18 Å². The SMILES string of the molecule is CO[SH]=O.[SrH2]. The van der Waals surface area contributed by atoms with Gasteiger partial charge in [0.15, 0.2) is 0 Å². The number of hydrogen-bond acceptors (Lipinski definition) is 2. The van der Waals surface area contributed by atoms with Crippen LogP contribution in [0, 0.1) is 0 Å². The number of rotatable bonds is 1. The van der Waals surface area contributed by atoms with Crippen LogP contribution in [-0.4, -0.2) is 56.8 Å². The first-order valence-electron chi connectivity index (χ1n) is 0.773. The summed E-state index contributed by atoms with van der Waals surface area (Å²) in [5.41, 5.74) is 0. The molecule has 0 saturated carbocycles. The zero-order valence-corrected chi connectivity index (χ0v) is 3.16. The summed E-state index contributed by atoms with van der Waals surface area (Å²) in [4.78, 5) is 0. The maximum atomic E-state index is 9.05. The second-order valence-corrected chi connectivity index (χ2v) is 0.771. The Morgan fingerprint density at radius 1 is 1.80 bits per heavy atom. The predicted molar refractivity (Wildman–Crippen MR) is 25.1 cm³/mol. The van der Waals surface area contributed by atoms with E-state index in [1.165, 1.54) is 7.11 Å². The summed E-state index contributed by atoms with van der Waals surface area (Å²) in [6, 6.07) is 0. The van der Waals surface area contributed by atoms with Gasteiger partial charge in [-0.1, -0.05) is 0 Å². The van der Waals surface area contributed by atoms with Gasteiger partial charge in [0.2, 0.25) is 0 Å².